The van der Waals surface area contributed by atoms with E-state index in [-0.39, 0.29) is 11.6 Å². The fraction of sp³-hybridized carbons (Fsp3) is 0.400. The van der Waals surface area contributed by atoms with Gasteiger partial charge in [0.05, 0.1) is 10.4 Å². The molecule has 2 aromatic heterocycles. The molecular formula is C20H24N4O3S. The van der Waals surface area contributed by atoms with Crippen molar-refractivity contribution in [2.24, 2.45) is 13.0 Å². The highest BCUT2D eigenvalue weighted by Gasteiger charge is 2.30. The molecule has 0 bridgehead atoms. The molecule has 7 nitrogen and oxygen atoms in total. The van der Waals surface area contributed by atoms with Crippen LogP contribution in [0.3, 0.4) is 0 Å². The Balaban J connectivity index is 1.50. The van der Waals surface area contributed by atoms with Gasteiger partial charge in [0, 0.05) is 32.9 Å². The van der Waals surface area contributed by atoms with Crippen molar-refractivity contribution in [3.63, 3.8) is 0 Å². The van der Waals surface area contributed by atoms with Gasteiger partial charge in [-0.2, -0.15) is 4.31 Å². The van der Waals surface area contributed by atoms with Crippen LogP contribution < -0.4 is 5.69 Å². The van der Waals surface area contributed by atoms with Gasteiger partial charge in [0.2, 0.25) is 10.0 Å². The molecule has 1 aliphatic heterocycles. The Labute approximate surface area is 164 Å². The van der Waals surface area contributed by atoms with Crippen molar-refractivity contribution in [1.29, 1.82) is 0 Å². The van der Waals surface area contributed by atoms with E-state index in [9.17, 15) is 13.2 Å². The van der Waals surface area contributed by atoms with Crippen molar-refractivity contribution in [1.82, 2.24) is 18.4 Å². The van der Waals surface area contributed by atoms with E-state index in [1.807, 2.05) is 25.1 Å². The van der Waals surface area contributed by atoms with Crippen LogP contribution in [0.4, 0.5) is 0 Å². The lowest BCUT2D eigenvalue weighted by atomic mass is 9.98. The zero-order chi connectivity index (χ0) is 19.9. The predicted octanol–water partition coefficient (Wildman–Crippen LogP) is 2.14. The summed E-state index contributed by atoms with van der Waals surface area (Å²) >= 11 is 0. The van der Waals surface area contributed by atoms with Crippen LogP contribution >= 0.6 is 0 Å². The molecule has 28 heavy (non-hydrogen) atoms. The molecular weight excluding hydrogens is 376 g/mol. The lowest BCUT2D eigenvalue weighted by Crippen LogP contribution is -2.40. The lowest BCUT2D eigenvalue weighted by Gasteiger charge is -2.31. The molecule has 148 valence electrons. The van der Waals surface area contributed by atoms with Gasteiger partial charge in [-0.3, -0.25) is 9.13 Å². The fourth-order valence-corrected chi connectivity index (χ4v) is 5.49. The van der Waals surface area contributed by atoms with E-state index < -0.39 is 10.0 Å². The van der Waals surface area contributed by atoms with Crippen LogP contribution in [0, 0.1) is 12.8 Å². The molecule has 1 aliphatic rings. The minimum atomic E-state index is -3.47. The van der Waals surface area contributed by atoms with Crippen molar-refractivity contribution in [3.05, 3.63) is 58.6 Å². The topological polar surface area (TPSA) is 77.2 Å². The van der Waals surface area contributed by atoms with Gasteiger partial charge >= 0.3 is 5.69 Å². The minimum Gasteiger partial charge on any atom is -0.293 e. The van der Waals surface area contributed by atoms with E-state index in [1.165, 1.54) is 0 Å². The van der Waals surface area contributed by atoms with E-state index >= 15 is 0 Å². The maximum Gasteiger partial charge on any atom is 0.330 e. The molecule has 1 aromatic carbocycles. The van der Waals surface area contributed by atoms with Crippen molar-refractivity contribution in [2.75, 3.05) is 13.1 Å². The third-order valence-electron chi connectivity index (χ3n) is 5.54. The second kappa shape index (κ2) is 7.18. The third kappa shape index (κ3) is 3.27. The van der Waals surface area contributed by atoms with Gasteiger partial charge in [-0.05, 0) is 55.5 Å². The second-order valence-corrected chi connectivity index (χ2v) is 9.40. The van der Waals surface area contributed by atoms with Gasteiger partial charge in [-0.25, -0.2) is 18.2 Å². The molecule has 1 saturated heterocycles. The largest absolute Gasteiger partial charge is 0.330 e. The molecule has 0 atom stereocenters. The van der Waals surface area contributed by atoms with Gasteiger partial charge in [0.15, 0.2) is 5.65 Å². The van der Waals surface area contributed by atoms with Crippen LogP contribution in [0.2, 0.25) is 0 Å². The van der Waals surface area contributed by atoms with Crippen molar-refractivity contribution < 1.29 is 8.42 Å². The van der Waals surface area contributed by atoms with Gasteiger partial charge in [-0.15, -0.1) is 0 Å². The van der Waals surface area contributed by atoms with Crippen molar-refractivity contribution in [3.8, 4) is 0 Å². The number of aromatic nitrogens is 3. The summed E-state index contributed by atoms with van der Waals surface area (Å²) in [4.78, 5) is 17.3. The second-order valence-electron chi connectivity index (χ2n) is 7.46. The summed E-state index contributed by atoms with van der Waals surface area (Å²) in [6.07, 6.45) is 3.14. The zero-order valence-corrected chi connectivity index (χ0v) is 16.9. The number of aryl methyl sites for hydroxylation is 2. The monoisotopic (exact) mass is 400 g/mol. The Morgan fingerprint density at radius 2 is 1.89 bits per heavy atom. The first-order valence-corrected chi connectivity index (χ1v) is 10.9. The van der Waals surface area contributed by atoms with E-state index in [4.69, 9.17) is 0 Å². The number of sulfonamides is 1. The van der Waals surface area contributed by atoms with Crippen LogP contribution in [0.25, 0.3) is 11.2 Å². The Kier molecular flexibility index (Phi) is 4.84. The molecule has 3 heterocycles. The summed E-state index contributed by atoms with van der Waals surface area (Å²) in [5.74, 6) is 0.245. The van der Waals surface area contributed by atoms with Gasteiger partial charge in [0.25, 0.3) is 0 Å². The van der Waals surface area contributed by atoms with E-state index in [2.05, 4.69) is 4.98 Å². The number of pyridine rings is 1. The van der Waals surface area contributed by atoms with Crippen LogP contribution in [-0.2, 0) is 23.6 Å². The lowest BCUT2D eigenvalue weighted by molar-refractivity contribution is 0.252. The first kappa shape index (κ1) is 18.9. The molecule has 0 saturated carbocycles. The van der Waals surface area contributed by atoms with Gasteiger partial charge in [0.1, 0.15) is 0 Å². The number of imidazole rings is 1. The normalized spacial score (nSPS) is 16.6. The number of hydrogen-bond donors (Lipinski definition) is 0. The summed E-state index contributed by atoms with van der Waals surface area (Å²) in [7, 11) is -1.72. The predicted molar refractivity (Wildman–Crippen MR) is 108 cm³/mol. The minimum absolute atomic E-state index is 0.0801. The van der Waals surface area contributed by atoms with Crippen LogP contribution in [0.5, 0.6) is 0 Å². The summed E-state index contributed by atoms with van der Waals surface area (Å²) in [6, 6.07) is 10.7. The standard InChI is InChI=1S/C20H24N4O3S/c1-15-5-3-6-17(13-15)28(26,27)23-11-8-16(9-12-23)14-24-19-18(7-4-10-21-19)22(2)20(24)25/h3-7,10,13,16H,8-9,11-12,14H2,1-2H3. The maximum atomic E-state index is 12.9. The third-order valence-corrected chi connectivity index (χ3v) is 7.44. The zero-order valence-electron chi connectivity index (χ0n) is 16.1. The number of benzene rings is 1. The summed E-state index contributed by atoms with van der Waals surface area (Å²) in [5.41, 5.74) is 2.35. The fourth-order valence-electron chi connectivity index (χ4n) is 3.91. The summed E-state index contributed by atoms with van der Waals surface area (Å²) < 4.78 is 30.7. The molecule has 0 unspecified atom stereocenters. The van der Waals surface area contributed by atoms with E-state index in [1.54, 1.807) is 44.9 Å². The van der Waals surface area contributed by atoms with Crippen LogP contribution in [0.15, 0.2) is 52.3 Å². The molecule has 0 aliphatic carbocycles. The Morgan fingerprint density at radius 1 is 1.14 bits per heavy atom. The molecule has 8 heteroatoms. The smallest absolute Gasteiger partial charge is 0.293 e. The molecule has 0 N–H and O–H groups in total. The SMILES string of the molecule is Cc1cccc(S(=O)(=O)N2CCC(Cn3c(=O)n(C)c4cccnc43)CC2)c1. The van der Waals surface area contributed by atoms with Gasteiger partial charge in [-0.1, -0.05) is 12.1 Å². The van der Waals surface area contributed by atoms with Gasteiger partial charge < -0.3 is 0 Å². The van der Waals surface area contributed by atoms with Crippen LogP contribution in [0.1, 0.15) is 18.4 Å². The number of fused-ring (bicyclic) bond motifs is 1. The van der Waals surface area contributed by atoms with Crippen molar-refractivity contribution in [2.45, 2.75) is 31.2 Å². The van der Waals surface area contributed by atoms with Crippen molar-refractivity contribution >= 4 is 21.2 Å². The highest BCUT2D eigenvalue weighted by atomic mass is 32.2. The Morgan fingerprint density at radius 3 is 2.61 bits per heavy atom. The number of piperidine rings is 1. The average molecular weight is 401 g/mol. The highest BCUT2D eigenvalue weighted by Crippen LogP contribution is 2.25. The van der Waals surface area contributed by atoms with E-state index in [0.717, 1.165) is 23.9 Å². The number of rotatable bonds is 4. The Hall–Kier alpha value is -2.45. The first-order chi connectivity index (χ1) is 13.4. The van der Waals surface area contributed by atoms with E-state index in [0.29, 0.717) is 30.2 Å². The first-order valence-electron chi connectivity index (χ1n) is 9.45. The molecule has 3 aromatic rings. The molecule has 0 amide bonds. The quantitative estimate of drug-likeness (QED) is 0.672. The summed E-state index contributed by atoms with van der Waals surface area (Å²) in [5, 5.41) is 0. The number of nitrogens with zero attached hydrogens (tertiary/aromatic N) is 4. The average Bonchev–Trinajstić information content (AvgIpc) is 2.94. The molecule has 1 fully saturated rings. The van der Waals surface area contributed by atoms with Crippen LogP contribution in [-0.4, -0.2) is 39.9 Å². The highest BCUT2D eigenvalue weighted by molar-refractivity contribution is 7.89. The summed E-state index contributed by atoms with van der Waals surface area (Å²) in [6.45, 7) is 3.38. The molecule has 4 rings (SSSR count). The number of hydrogen-bond acceptors (Lipinski definition) is 4. The molecule has 0 radical (unpaired) electrons. The Bertz CT molecular complexity index is 1170. The molecule has 0 spiro atoms. The maximum absolute atomic E-state index is 12.9.